The molecule has 1 heterocycles. The van der Waals surface area contributed by atoms with E-state index in [1.165, 1.54) is 19.2 Å². The fourth-order valence-corrected chi connectivity index (χ4v) is 5.03. The molecule has 0 spiro atoms. The predicted molar refractivity (Wildman–Crippen MR) is 132 cm³/mol. The molecule has 1 saturated heterocycles. The number of nitrogens with zero attached hydrogens (tertiary/aromatic N) is 1. The van der Waals surface area contributed by atoms with Gasteiger partial charge in [0.15, 0.2) is 0 Å². The number of methoxy groups -OCH3 is 1. The van der Waals surface area contributed by atoms with Crippen LogP contribution in [0.4, 0.5) is 5.69 Å². The Morgan fingerprint density at radius 3 is 2.56 bits per heavy atom. The first-order chi connectivity index (χ1) is 16.2. The summed E-state index contributed by atoms with van der Waals surface area (Å²) in [5, 5.41) is 2.95. The van der Waals surface area contributed by atoms with Gasteiger partial charge in [0.25, 0.3) is 15.9 Å². The number of benzene rings is 2. The number of carbonyl (C=O) groups is 2. The number of sulfonamides is 1. The third kappa shape index (κ3) is 6.28. The van der Waals surface area contributed by atoms with Crippen LogP contribution in [0.3, 0.4) is 0 Å². The summed E-state index contributed by atoms with van der Waals surface area (Å²) in [5.41, 5.74) is 1.40. The van der Waals surface area contributed by atoms with Crippen LogP contribution < -0.4 is 14.8 Å². The lowest BCUT2D eigenvalue weighted by atomic mass is 9.96. The number of piperidine rings is 1. The number of likely N-dealkylation sites (tertiary alicyclic amines) is 1. The van der Waals surface area contributed by atoms with E-state index in [4.69, 9.17) is 4.74 Å². The Balaban J connectivity index is 1.75. The number of aryl methyl sites for hydroxylation is 1. The highest BCUT2D eigenvalue weighted by Crippen LogP contribution is 2.24. The maximum atomic E-state index is 13.3. The van der Waals surface area contributed by atoms with Crippen molar-refractivity contribution >= 4 is 27.5 Å². The molecule has 184 valence electrons. The Bertz CT molecular complexity index is 1120. The lowest BCUT2D eigenvalue weighted by Crippen LogP contribution is -2.45. The molecule has 1 aliphatic rings. The Hall–Kier alpha value is -3.07. The van der Waals surface area contributed by atoms with Crippen molar-refractivity contribution in [2.45, 2.75) is 44.4 Å². The van der Waals surface area contributed by atoms with Gasteiger partial charge >= 0.3 is 0 Å². The largest absolute Gasteiger partial charge is 0.497 e. The Morgan fingerprint density at radius 1 is 1.15 bits per heavy atom. The minimum Gasteiger partial charge on any atom is -0.497 e. The zero-order chi connectivity index (χ0) is 24.7. The summed E-state index contributed by atoms with van der Waals surface area (Å²) >= 11 is 0. The van der Waals surface area contributed by atoms with Crippen LogP contribution in [0.15, 0.2) is 47.4 Å². The SMILES string of the molecule is CCCCNC(=O)C1CCCN(C(=O)c2cc(S(=O)(=O)Nc3ccc(OC)cc3)ccc2C)C1. The predicted octanol–water partition coefficient (Wildman–Crippen LogP) is 3.57. The first-order valence-electron chi connectivity index (χ1n) is 11.6. The Kier molecular flexibility index (Phi) is 8.55. The minimum atomic E-state index is -3.90. The molecule has 8 nitrogen and oxygen atoms in total. The molecule has 2 amide bonds. The maximum absolute atomic E-state index is 13.3. The van der Waals surface area contributed by atoms with Crippen LogP contribution in [-0.4, -0.2) is 51.9 Å². The number of ether oxygens (including phenoxy) is 1. The minimum absolute atomic E-state index is 0.00290. The van der Waals surface area contributed by atoms with E-state index in [2.05, 4.69) is 17.0 Å². The van der Waals surface area contributed by atoms with E-state index in [0.717, 1.165) is 25.7 Å². The first-order valence-corrected chi connectivity index (χ1v) is 13.1. The third-order valence-corrected chi connectivity index (χ3v) is 7.38. The number of nitrogens with one attached hydrogen (secondary N) is 2. The normalized spacial score (nSPS) is 16.1. The van der Waals surface area contributed by atoms with E-state index in [-0.39, 0.29) is 22.6 Å². The number of carbonyl (C=O) groups excluding carboxylic acids is 2. The molecule has 3 rings (SSSR count). The standard InChI is InChI=1S/C25H33N3O5S/c1-4-5-14-26-24(29)19-7-6-15-28(17-19)25(30)23-16-22(13-8-18(23)2)34(31,32)27-20-9-11-21(33-3)12-10-20/h8-13,16,19,27H,4-7,14-15,17H2,1-3H3,(H,26,29). The average molecular weight is 488 g/mol. The molecule has 0 bridgehead atoms. The van der Waals surface area contributed by atoms with Gasteiger partial charge in [0.1, 0.15) is 5.75 Å². The second-order valence-corrected chi connectivity index (χ2v) is 10.2. The summed E-state index contributed by atoms with van der Waals surface area (Å²) in [4.78, 5) is 27.5. The molecular weight excluding hydrogens is 454 g/mol. The molecule has 2 N–H and O–H groups in total. The van der Waals surface area contributed by atoms with Crippen molar-refractivity contribution in [2.24, 2.45) is 5.92 Å². The van der Waals surface area contributed by atoms with Crippen molar-refractivity contribution in [3.05, 3.63) is 53.6 Å². The number of rotatable bonds is 9. The van der Waals surface area contributed by atoms with Crippen molar-refractivity contribution in [3.63, 3.8) is 0 Å². The molecule has 0 radical (unpaired) electrons. The van der Waals surface area contributed by atoms with Gasteiger partial charge in [-0.25, -0.2) is 8.42 Å². The van der Waals surface area contributed by atoms with Crippen LogP contribution in [-0.2, 0) is 14.8 Å². The van der Waals surface area contributed by atoms with Gasteiger partial charge in [0.05, 0.1) is 17.9 Å². The molecule has 0 aromatic heterocycles. The molecule has 2 aromatic carbocycles. The van der Waals surface area contributed by atoms with Crippen LogP contribution >= 0.6 is 0 Å². The second kappa shape index (κ2) is 11.4. The Morgan fingerprint density at radius 2 is 1.88 bits per heavy atom. The Labute approximate surface area is 201 Å². The number of unbranched alkanes of at least 4 members (excludes halogenated alkanes) is 1. The molecule has 1 fully saturated rings. The van der Waals surface area contributed by atoms with E-state index < -0.39 is 10.0 Å². The van der Waals surface area contributed by atoms with Crippen LogP contribution in [0.1, 0.15) is 48.5 Å². The number of amides is 2. The topological polar surface area (TPSA) is 105 Å². The molecule has 1 unspecified atom stereocenters. The van der Waals surface area contributed by atoms with Crippen LogP contribution in [0.5, 0.6) is 5.75 Å². The van der Waals surface area contributed by atoms with E-state index in [1.54, 1.807) is 42.2 Å². The first kappa shape index (κ1) is 25.6. The summed E-state index contributed by atoms with van der Waals surface area (Å²) in [5.74, 6) is 0.0799. The highest BCUT2D eigenvalue weighted by molar-refractivity contribution is 7.92. The number of hydrogen-bond donors (Lipinski definition) is 2. The zero-order valence-electron chi connectivity index (χ0n) is 20.0. The number of hydrogen-bond acceptors (Lipinski definition) is 5. The third-order valence-electron chi connectivity index (χ3n) is 6.00. The van der Waals surface area contributed by atoms with E-state index in [1.807, 2.05) is 0 Å². The van der Waals surface area contributed by atoms with E-state index in [9.17, 15) is 18.0 Å². The van der Waals surface area contributed by atoms with Gasteiger partial charge in [0, 0.05) is 30.9 Å². The van der Waals surface area contributed by atoms with Crippen molar-refractivity contribution in [1.82, 2.24) is 10.2 Å². The molecule has 9 heteroatoms. The molecule has 2 aromatic rings. The zero-order valence-corrected chi connectivity index (χ0v) is 20.8. The lowest BCUT2D eigenvalue weighted by Gasteiger charge is -2.32. The van der Waals surface area contributed by atoms with Gasteiger partial charge in [-0.2, -0.15) is 0 Å². The van der Waals surface area contributed by atoms with Crippen molar-refractivity contribution in [2.75, 3.05) is 31.5 Å². The van der Waals surface area contributed by atoms with Crippen molar-refractivity contribution in [3.8, 4) is 5.75 Å². The van der Waals surface area contributed by atoms with E-state index >= 15 is 0 Å². The quantitative estimate of drug-likeness (QED) is 0.526. The molecular formula is C25H33N3O5S. The second-order valence-electron chi connectivity index (χ2n) is 8.55. The van der Waals surface area contributed by atoms with Gasteiger partial charge in [-0.05, 0) is 68.1 Å². The summed E-state index contributed by atoms with van der Waals surface area (Å²) in [6.07, 6.45) is 3.39. The highest BCUT2D eigenvalue weighted by atomic mass is 32.2. The van der Waals surface area contributed by atoms with Crippen molar-refractivity contribution < 1.29 is 22.7 Å². The monoisotopic (exact) mass is 487 g/mol. The molecule has 34 heavy (non-hydrogen) atoms. The number of anilines is 1. The summed E-state index contributed by atoms with van der Waals surface area (Å²) in [6, 6.07) is 11.1. The molecule has 1 atom stereocenters. The lowest BCUT2D eigenvalue weighted by molar-refractivity contribution is -0.126. The van der Waals surface area contributed by atoms with E-state index in [0.29, 0.717) is 42.2 Å². The van der Waals surface area contributed by atoms with Gasteiger partial charge in [-0.1, -0.05) is 19.4 Å². The smallest absolute Gasteiger partial charge is 0.261 e. The summed E-state index contributed by atoms with van der Waals surface area (Å²) < 4.78 is 33.6. The summed E-state index contributed by atoms with van der Waals surface area (Å²) in [6.45, 7) is 5.35. The van der Waals surface area contributed by atoms with Gasteiger partial charge in [-0.15, -0.1) is 0 Å². The fourth-order valence-electron chi connectivity index (χ4n) is 3.95. The molecule has 1 aliphatic heterocycles. The molecule has 0 aliphatic carbocycles. The summed E-state index contributed by atoms with van der Waals surface area (Å²) in [7, 11) is -2.36. The fraction of sp³-hybridized carbons (Fsp3) is 0.440. The van der Waals surface area contributed by atoms with Crippen molar-refractivity contribution in [1.29, 1.82) is 0 Å². The van der Waals surface area contributed by atoms with Crippen LogP contribution in [0, 0.1) is 12.8 Å². The maximum Gasteiger partial charge on any atom is 0.261 e. The van der Waals surface area contributed by atoms with Gasteiger partial charge in [0.2, 0.25) is 5.91 Å². The van der Waals surface area contributed by atoms with Crippen LogP contribution in [0.2, 0.25) is 0 Å². The highest BCUT2D eigenvalue weighted by Gasteiger charge is 2.30. The van der Waals surface area contributed by atoms with Crippen LogP contribution in [0.25, 0.3) is 0 Å². The van der Waals surface area contributed by atoms with Gasteiger partial charge in [-0.3, -0.25) is 14.3 Å². The molecule has 0 saturated carbocycles. The van der Waals surface area contributed by atoms with Gasteiger partial charge < -0.3 is 15.0 Å². The average Bonchev–Trinajstić information content (AvgIpc) is 2.84.